The largest absolute Gasteiger partial charge is 0.379 e. The zero-order valence-electron chi connectivity index (χ0n) is 18.2. The van der Waals surface area contributed by atoms with Gasteiger partial charge in [0.15, 0.2) is 0 Å². The molecule has 1 saturated heterocycles. The summed E-state index contributed by atoms with van der Waals surface area (Å²) in [5.74, 6) is 0. The minimum Gasteiger partial charge on any atom is -0.379 e. The lowest BCUT2D eigenvalue weighted by molar-refractivity contribution is -0.384. The molecule has 0 bridgehead atoms. The highest BCUT2D eigenvalue weighted by atomic mass is 32.2. The zero-order valence-corrected chi connectivity index (χ0v) is 19.0. The van der Waals surface area contributed by atoms with Crippen molar-refractivity contribution in [3.8, 4) is 0 Å². The topological polar surface area (TPSA) is 111 Å². The number of hydrogen-bond donors (Lipinski definition) is 0. The molecule has 0 saturated carbocycles. The smallest absolute Gasteiger partial charge is 0.293 e. The third kappa shape index (κ3) is 5.21. The fraction of sp³-hybridized carbons (Fsp3) is 0.318. The summed E-state index contributed by atoms with van der Waals surface area (Å²) >= 11 is 0. The van der Waals surface area contributed by atoms with Gasteiger partial charge in [-0.2, -0.15) is 9.40 Å². The van der Waals surface area contributed by atoms with Crippen LogP contribution in [0.25, 0.3) is 0 Å². The van der Waals surface area contributed by atoms with Gasteiger partial charge in [0.25, 0.3) is 5.69 Å². The highest BCUT2D eigenvalue weighted by Crippen LogP contribution is 2.32. The van der Waals surface area contributed by atoms with Crippen molar-refractivity contribution in [1.29, 1.82) is 0 Å². The molecule has 2 heterocycles. The van der Waals surface area contributed by atoms with Gasteiger partial charge in [-0.15, -0.1) is 0 Å². The lowest BCUT2D eigenvalue weighted by Gasteiger charge is -2.26. The van der Waals surface area contributed by atoms with Crippen molar-refractivity contribution >= 4 is 21.4 Å². The minimum atomic E-state index is -3.83. The predicted octanol–water partition coefficient (Wildman–Crippen LogP) is 2.50. The summed E-state index contributed by atoms with van der Waals surface area (Å²) < 4.78 is 34.1. The van der Waals surface area contributed by atoms with Crippen LogP contribution in [0.5, 0.6) is 0 Å². The number of hydrogen-bond acceptors (Lipinski definition) is 7. The van der Waals surface area contributed by atoms with Crippen LogP contribution in [0.15, 0.2) is 65.8 Å². The molecule has 174 valence electrons. The van der Waals surface area contributed by atoms with Gasteiger partial charge in [0.05, 0.1) is 35.8 Å². The molecule has 33 heavy (non-hydrogen) atoms. The van der Waals surface area contributed by atoms with Crippen molar-refractivity contribution in [3.63, 3.8) is 0 Å². The van der Waals surface area contributed by atoms with E-state index in [0.29, 0.717) is 32.0 Å². The van der Waals surface area contributed by atoms with E-state index in [9.17, 15) is 18.5 Å². The molecule has 0 radical (unpaired) electrons. The first kappa shape index (κ1) is 22.9. The van der Waals surface area contributed by atoms with Crippen molar-refractivity contribution < 1.29 is 18.1 Å². The number of nitro groups is 1. The van der Waals surface area contributed by atoms with Crippen molar-refractivity contribution in [3.05, 3.63) is 82.2 Å². The summed E-state index contributed by atoms with van der Waals surface area (Å²) in [7, 11) is -2.10. The molecule has 2 aromatic carbocycles. The molecule has 1 aromatic heterocycles. The summed E-state index contributed by atoms with van der Waals surface area (Å²) in [6, 6.07) is 14.0. The maximum absolute atomic E-state index is 12.9. The molecule has 3 aromatic rings. The Morgan fingerprint density at radius 2 is 1.85 bits per heavy atom. The molecule has 1 fully saturated rings. The van der Waals surface area contributed by atoms with Crippen molar-refractivity contribution in [2.24, 2.45) is 0 Å². The number of nitrogens with zero attached hydrogens (tertiary/aromatic N) is 5. The second kappa shape index (κ2) is 9.69. The lowest BCUT2D eigenvalue weighted by Crippen LogP contribution is -2.40. The summed E-state index contributed by atoms with van der Waals surface area (Å²) in [6.45, 7) is 2.07. The Morgan fingerprint density at radius 3 is 2.55 bits per heavy atom. The van der Waals surface area contributed by atoms with Crippen LogP contribution in [-0.4, -0.2) is 60.8 Å². The SMILES string of the molecule is CN(Cc1cnn(Cc2ccccc2)c1)c1ccc(S(=O)(=O)N2CCOCC2)cc1[N+](=O)[O-]. The van der Waals surface area contributed by atoms with Crippen LogP contribution in [0.3, 0.4) is 0 Å². The Balaban J connectivity index is 1.53. The third-order valence-corrected chi connectivity index (χ3v) is 7.35. The quantitative estimate of drug-likeness (QED) is 0.367. The van der Waals surface area contributed by atoms with E-state index in [1.165, 1.54) is 16.4 Å². The van der Waals surface area contributed by atoms with Gasteiger partial charge in [0, 0.05) is 44.5 Å². The molecule has 0 atom stereocenters. The molecule has 4 rings (SSSR count). The first-order chi connectivity index (χ1) is 15.8. The van der Waals surface area contributed by atoms with Crippen LogP contribution < -0.4 is 4.90 Å². The highest BCUT2D eigenvalue weighted by molar-refractivity contribution is 7.89. The molecule has 11 heteroatoms. The van der Waals surface area contributed by atoms with Crippen LogP contribution >= 0.6 is 0 Å². The monoisotopic (exact) mass is 471 g/mol. The van der Waals surface area contributed by atoms with Gasteiger partial charge in [-0.1, -0.05) is 30.3 Å². The van der Waals surface area contributed by atoms with E-state index in [-0.39, 0.29) is 23.7 Å². The van der Waals surface area contributed by atoms with Gasteiger partial charge in [-0.05, 0) is 17.7 Å². The fourth-order valence-corrected chi connectivity index (χ4v) is 5.20. The Morgan fingerprint density at radius 1 is 1.12 bits per heavy atom. The molecular formula is C22H25N5O5S. The van der Waals surface area contributed by atoms with Crippen LogP contribution in [0, 0.1) is 10.1 Å². The fourth-order valence-electron chi connectivity index (χ4n) is 3.77. The number of sulfonamides is 1. The number of rotatable bonds is 8. The summed E-state index contributed by atoms with van der Waals surface area (Å²) in [5, 5.41) is 16.2. The van der Waals surface area contributed by atoms with E-state index in [0.717, 1.165) is 17.2 Å². The molecule has 0 aliphatic carbocycles. The highest BCUT2D eigenvalue weighted by Gasteiger charge is 2.29. The lowest BCUT2D eigenvalue weighted by atomic mass is 10.2. The Labute approximate surface area is 192 Å². The number of benzene rings is 2. The zero-order chi connectivity index (χ0) is 23.4. The average Bonchev–Trinajstić information content (AvgIpc) is 3.26. The minimum absolute atomic E-state index is 0.0936. The second-order valence-corrected chi connectivity index (χ2v) is 9.75. The standard InChI is InChI=1S/C22H25N5O5S/c1-24(15-19-14-23-25(17-19)16-18-5-3-2-4-6-18)21-8-7-20(13-22(21)27(28)29)33(30,31)26-9-11-32-12-10-26/h2-8,13-14,17H,9-12,15-16H2,1H3. The molecule has 0 N–H and O–H groups in total. The molecule has 10 nitrogen and oxygen atoms in total. The molecule has 0 amide bonds. The van der Waals surface area contributed by atoms with E-state index in [4.69, 9.17) is 4.74 Å². The third-order valence-electron chi connectivity index (χ3n) is 5.46. The number of morpholine rings is 1. The average molecular weight is 472 g/mol. The van der Waals surface area contributed by atoms with Gasteiger partial charge >= 0.3 is 0 Å². The van der Waals surface area contributed by atoms with Gasteiger partial charge in [0.2, 0.25) is 10.0 Å². The molecule has 1 aliphatic heterocycles. The van der Waals surface area contributed by atoms with Gasteiger partial charge in [-0.3, -0.25) is 14.8 Å². The van der Waals surface area contributed by atoms with Gasteiger partial charge in [0.1, 0.15) is 5.69 Å². The van der Waals surface area contributed by atoms with Crippen molar-refractivity contribution in [2.45, 2.75) is 18.0 Å². The number of nitro benzene ring substituents is 1. The Kier molecular flexibility index (Phi) is 6.72. The maximum Gasteiger partial charge on any atom is 0.293 e. The number of ether oxygens (including phenoxy) is 1. The summed E-state index contributed by atoms with van der Waals surface area (Å²) in [4.78, 5) is 12.8. The number of aromatic nitrogens is 2. The summed E-state index contributed by atoms with van der Waals surface area (Å²) in [5.41, 5.74) is 2.07. The van der Waals surface area contributed by atoms with Gasteiger partial charge in [-0.25, -0.2) is 8.42 Å². The van der Waals surface area contributed by atoms with Crippen molar-refractivity contribution in [1.82, 2.24) is 14.1 Å². The van der Waals surface area contributed by atoms with E-state index in [1.54, 1.807) is 18.1 Å². The number of anilines is 1. The van der Waals surface area contributed by atoms with E-state index < -0.39 is 14.9 Å². The molecular weight excluding hydrogens is 446 g/mol. The van der Waals surface area contributed by atoms with E-state index >= 15 is 0 Å². The van der Waals surface area contributed by atoms with Crippen LogP contribution in [0.1, 0.15) is 11.1 Å². The second-order valence-electron chi connectivity index (χ2n) is 7.81. The van der Waals surface area contributed by atoms with Crippen LogP contribution in [-0.2, 0) is 27.8 Å². The molecule has 0 unspecified atom stereocenters. The van der Waals surface area contributed by atoms with E-state index in [2.05, 4.69) is 5.10 Å². The Bertz CT molecular complexity index is 1220. The summed E-state index contributed by atoms with van der Waals surface area (Å²) in [6.07, 6.45) is 3.62. The van der Waals surface area contributed by atoms with Crippen LogP contribution in [0.4, 0.5) is 11.4 Å². The molecule has 1 aliphatic rings. The Hall–Kier alpha value is -3.28. The predicted molar refractivity (Wildman–Crippen MR) is 123 cm³/mol. The molecule has 0 spiro atoms. The first-order valence-corrected chi connectivity index (χ1v) is 11.9. The van der Waals surface area contributed by atoms with Crippen LogP contribution in [0.2, 0.25) is 0 Å². The maximum atomic E-state index is 12.9. The van der Waals surface area contributed by atoms with E-state index in [1.807, 2.05) is 41.2 Å². The van der Waals surface area contributed by atoms with Crippen molar-refractivity contribution in [2.75, 3.05) is 38.3 Å². The normalized spacial score (nSPS) is 14.8. The van der Waals surface area contributed by atoms with Gasteiger partial charge < -0.3 is 9.64 Å². The first-order valence-electron chi connectivity index (χ1n) is 10.5.